The Morgan fingerprint density at radius 1 is 1.33 bits per heavy atom. The Morgan fingerprint density at radius 2 is 2.00 bits per heavy atom. The van der Waals surface area contributed by atoms with E-state index < -0.39 is 5.97 Å². The number of nitrogens with zero attached hydrogens (tertiary/aromatic N) is 1. The van der Waals surface area contributed by atoms with Crippen molar-refractivity contribution in [1.82, 2.24) is 4.90 Å². The van der Waals surface area contributed by atoms with Gasteiger partial charge in [0.05, 0.1) is 13.0 Å². The van der Waals surface area contributed by atoms with E-state index in [1.165, 1.54) is 11.9 Å². The van der Waals surface area contributed by atoms with E-state index in [9.17, 15) is 9.59 Å². The summed E-state index contributed by atoms with van der Waals surface area (Å²) in [5.74, 6) is -1.23. The number of ether oxygens (including phenoxy) is 1. The Kier molecular flexibility index (Phi) is 5.32. The van der Waals surface area contributed by atoms with Crippen molar-refractivity contribution in [3.8, 4) is 0 Å². The molecule has 98 valence electrons. The van der Waals surface area contributed by atoms with E-state index in [0.29, 0.717) is 6.61 Å². The molecule has 1 N–H and O–H groups in total. The topological polar surface area (TPSA) is 66.8 Å². The molecule has 0 fully saturated rings. The van der Waals surface area contributed by atoms with Crippen LogP contribution in [0.2, 0.25) is 0 Å². The van der Waals surface area contributed by atoms with Gasteiger partial charge in [-0.25, -0.2) is 0 Å². The molecule has 0 unspecified atom stereocenters. The molecule has 1 rings (SSSR count). The summed E-state index contributed by atoms with van der Waals surface area (Å²) < 4.78 is 5.01. The number of likely N-dealkylation sites (N-methyl/N-ethyl adjacent to an activating group) is 1. The molecule has 0 saturated carbocycles. The van der Waals surface area contributed by atoms with Crippen LogP contribution in [0.5, 0.6) is 0 Å². The van der Waals surface area contributed by atoms with Crippen LogP contribution >= 0.6 is 0 Å². The van der Waals surface area contributed by atoms with Crippen molar-refractivity contribution in [2.45, 2.75) is 13.0 Å². The molecule has 1 aromatic carbocycles. The molecule has 0 spiro atoms. The summed E-state index contributed by atoms with van der Waals surface area (Å²) in [4.78, 5) is 23.4. The van der Waals surface area contributed by atoms with Crippen LogP contribution in [-0.2, 0) is 27.4 Å². The molecule has 0 aromatic heterocycles. The minimum atomic E-state index is -1.01. The van der Waals surface area contributed by atoms with Crippen LogP contribution in [0.15, 0.2) is 24.3 Å². The average molecular weight is 251 g/mol. The second-order valence-corrected chi connectivity index (χ2v) is 4.07. The summed E-state index contributed by atoms with van der Waals surface area (Å²) in [5.41, 5.74) is 1.84. The molecule has 0 heterocycles. The summed E-state index contributed by atoms with van der Waals surface area (Å²) in [5, 5.41) is 8.60. The Bertz CT molecular complexity index is 431. The fourth-order valence-corrected chi connectivity index (χ4v) is 1.60. The Labute approximate surface area is 106 Å². The highest BCUT2D eigenvalue weighted by molar-refractivity contribution is 5.82. The molecule has 0 aliphatic heterocycles. The van der Waals surface area contributed by atoms with Gasteiger partial charge in [-0.15, -0.1) is 0 Å². The van der Waals surface area contributed by atoms with Crippen molar-refractivity contribution in [3.63, 3.8) is 0 Å². The number of benzene rings is 1. The van der Waals surface area contributed by atoms with Crippen molar-refractivity contribution < 1.29 is 19.4 Å². The Hall–Kier alpha value is -1.88. The molecule has 0 bridgehead atoms. The molecule has 0 atom stereocenters. The SMILES string of the molecule is COCc1cccc(CC(=O)N(C)CC(=O)O)c1. The molecular formula is C13H17NO4. The minimum absolute atomic E-state index is 0.196. The Balaban J connectivity index is 2.63. The van der Waals surface area contributed by atoms with Gasteiger partial charge in [-0.2, -0.15) is 0 Å². The highest BCUT2D eigenvalue weighted by Gasteiger charge is 2.12. The van der Waals surface area contributed by atoms with Gasteiger partial charge in [-0.1, -0.05) is 24.3 Å². The van der Waals surface area contributed by atoms with E-state index in [1.54, 1.807) is 7.11 Å². The van der Waals surface area contributed by atoms with Crippen LogP contribution in [0, 0.1) is 0 Å². The van der Waals surface area contributed by atoms with Gasteiger partial charge in [-0.3, -0.25) is 9.59 Å². The first-order valence-corrected chi connectivity index (χ1v) is 5.55. The van der Waals surface area contributed by atoms with Gasteiger partial charge in [0, 0.05) is 14.2 Å². The highest BCUT2D eigenvalue weighted by atomic mass is 16.5. The zero-order valence-electron chi connectivity index (χ0n) is 10.5. The van der Waals surface area contributed by atoms with Gasteiger partial charge in [0.15, 0.2) is 0 Å². The number of carbonyl (C=O) groups is 2. The number of carboxylic acids is 1. The van der Waals surface area contributed by atoms with Gasteiger partial charge in [0.25, 0.3) is 0 Å². The number of hydrogen-bond donors (Lipinski definition) is 1. The fraction of sp³-hybridized carbons (Fsp3) is 0.385. The monoisotopic (exact) mass is 251 g/mol. The molecule has 0 saturated heterocycles. The number of methoxy groups -OCH3 is 1. The van der Waals surface area contributed by atoms with Crippen LogP contribution in [0.25, 0.3) is 0 Å². The number of aliphatic carboxylic acids is 1. The van der Waals surface area contributed by atoms with Gasteiger partial charge in [0.2, 0.25) is 5.91 Å². The van der Waals surface area contributed by atoms with E-state index in [0.717, 1.165) is 11.1 Å². The third-order valence-corrected chi connectivity index (χ3v) is 2.46. The molecular weight excluding hydrogens is 234 g/mol. The lowest BCUT2D eigenvalue weighted by Crippen LogP contribution is -2.33. The second-order valence-electron chi connectivity index (χ2n) is 4.07. The minimum Gasteiger partial charge on any atom is -0.480 e. The molecule has 1 amide bonds. The predicted molar refractivity (Wildman–Crippen MR) is 66.1 cm³/mol. The summed E-state index contributed by atoms with van der Waals surface area (Å²) in [6.07, 6.45) is 0.196. The maximum atomic E-state index is 11.7. The standard InChI is InChI=1S/C13H17NO4/c1-14(8-13(16)17)12(15)7-10-4-3-5-11(6-10)9-18-2/h3-6H,7-9H2,1-2H3,(H,16,17). The van der Waals surface area contributed by atoms with Gasteiger partial charge >= 0.3 is 5.97 Å². The first kappa shape index (κ1) is 14.2. The summed E-state index contributed by atoms with van der Waals surface area (Å²) >= 11 is 0. The lowest BCUT2D eigenvalue weighted by atomic mass is 10.1. The number of amides is 1. The quantitative estimate of drug-likeness (QED) is 0.816. The van der Waals surface area contributed by atoms with Crippen molar-refractivity contribution in [1.29, 1.82) is 0 Å². The number of rotatable bonds is 6. The molecule has 0 aliphatic rings. The van der Waals surface area contributed by atoms with Crippen molar-refractivity contribution in [2.75, 3.05) is 20.7 Å². The summed E-state index contributed by atoms with van der Waals surface area (Å²) in [7, 11) is 3.09. The maximum Gasteiger partial charge on any atom is 0.323 e. The van der Waals surface area contributed by atoms with E-state index in [2.05, 4.69) is 0 Å². The molecule has 1 aromatic rings. The second kappa shape index (κ2) is 6.76. The average Bonchev–Trinajstić information content (AvgIpc) is 2.29. The van der Waals surface area contributed by atoms with Crippen molar-refractivity contribution >= 4 is 11.9 Å². The lowest BCUT2D eigenvalue weighted by molar-refractivity contribution is -0.143. The van der Waals surface area contributed by atoms with Gasteiger partial charge in [0.1, 0.15) is 6.54 Å². The molecule has 5 heteroatoms. The third kappa shape index (κ3) is 4.55. The van der Waals surface area contributed by atoms with E-state index >= 15 is 0 Å². The van der Waals surface area contributed by atoms with Crippen molar-refractivity contribution in [2.24, 2.45) is 0 Å². The zero-order valence-corrected chi connectivity index (χ0v) is 10.5. The highest BCUT2D eigenvalue weighted by Crippen LogP contribution is 2.08. The van der Waals surface area contributed by atoms with E-state index in [1.807, 2.05) is 24.3 Å². The van der Waals surface area contributed by atoms with Crippen LogP contribution < -0.4 is 0 Å². The first-order valence-electron chi connectivity index (χ1n) is 5.55. The number of hydrogen-bond acceptors (Lipinski definition) is 3. The number of carboxylic acid groups (broad SMARTS) is 1. The molecule has 5 nitrogen and oxygen atoms in total. The third-order valence-electron chi connectivity index (χ3n) is 2.46. The smallest absolute Gasteiger partial charge is 0.323 e. The first-order chi connectivity index (χ1) is 8.52. The summed E-state index contributed by atoms with van der Waals surface area (Å²) in [6, 6.07) is 7.49. The fourth-order valence-electron chi connectivity index (χ4n) is 1.60. The number of carbonyl (C=O) groups excluding carboxylic acids is 1. The predicted octanol–water partition coefficient (Wildman–Crippen LogP) is 0.919. The molecule has 0 aliphatic carbocycles. The van der Waals surface area contributed by atoms with Crippen molar-refractivity contribution in [3.05, 3.63) is 35.4 Å². The van der Waals surface area contributed by atoms with Gasteiger partial charge < -0.3 is 14.7 Å². The van der Waals surface area contributed by atoms with Gasteiger partial charge in [-0.05, 0) is 11.1 Å². The van der Waals surface area contributed by atoms with E-state index in [4.69, 9.17) is 9.84 Å². The zero-order chi connectivity index (χ0) is 13.5. The summed E-state index contributed by atoms with van der Waals surface area (Å²) in [6.45, 7) is 0.212. The van der Waals surface area contributed by atoms with Crippen LogP contribution in [0.3, 0.4) is 0 Å². The van der Waals surface area contributed by atoms with Crippen LogP contribution in [0.1, 0.15) is 11.1 Å². The normalized spacial score (nSPS) is 10.1. The van der Waals surface area contributed by atoms with E-state index in [-0.39, 0.29) is 18.9 Å². The van der Waals surface area contributed by atoms with Crippen LogP contribution in [0.4, 0.5) is 0 Å². The largest absolute Gasteiger partial charge is 0.480 e. The Morgan fingerprint density at radius 3 is 2.61 bits per heavy atom. The molecule has 18 heavy (non-hydrogen) atoms. The van der Waals surface area contributed by atoms with Crippen LogP contribution in [-0.4, -0.2) is 42.6 Å². The lowest BCUT2D eigenvalue weighted by Gasteiger charge is -2.14. The molecule has 0 radical (unpaired) electrons. The maximum absolute atomic E-state index is 11.7.